The minimum atomic E-state index is -0.0177. The van der Waals surface area contributed by atoms with Gasteiger partial charge in [0.25, 0.3) is 0 Å². The minimum Gasteiger partial charge on any atom is -0.495 e. The molecule has 138 valence electrons. The van der Waals surface area contributed by atoms with Crippen molar-refractivity contribution in [1.82, 2.24) is 4.90 Å². The van der Waals surface area contributed by atoms with E-state index in [2.05, 4.69) is 34.5 Å². The summed E-state index contributed by atoms with van der Waals surface area (Å²) in [6.45, 7) is 1.83. The van der Waals surface area contributed by atoms with E-state index in [1.807, 2.05) is 6.07 Å². The number of anilines is 1. The highest BCUT2D eigenvalue weighted by Gasteiger charge is 2.24. The van der Waals surface area contributed by atoms with Gasteiger partial charge in [0.1, 0.15) is 5.75 Å². The molecule has 0 aliphatic carbocycles. The van der Waals surface area contributed by atoms with Crippen molar-refractivity contribution < 1.29 is 9.53 Å². The second-order valence-corrected chi connectivity index (χ2v) is 7.10. The number of benzene rings is 2. The zero-order valence-electron chi connectivity index (χ0n) is 15.1. The molecule has 1 N–H and O–H groups in total. The summed E-state index contributed by atoms with van der Waals surface area (Å²) in [5.74, 6) is 0.599. The first-order chi connectivity index (χ1) is 12.7. The second kappa shape index (κ2) is 9.06. The molecule has 0 bridgehead atoms. The molecule has 0 spiro atoms. The Balaban J connectivity index is 1.53. The summed E-state index contributed by atoms with van der Waals surface area (Å²) >= 11 is 6.02. The molecule has 0 saturated carbocycles. The lowest BCUT2D eigenvalue weighted by Crippen LogP contribution is -2.33. The van der Waals surface area contributed by atoms with Crippen LogP contribution < -0.4 is 10.1 Å². The van der Waals surface area contributed by atoms with Crippen molar-refractivity contribution in [2.45, 2.75) is 31.7 Å². The van der Waals surface area contributed by atoms with Crippen LogP contribution in [0.15, 0.2) is 48.5 Å². The van der Waals surface area contributed by atoms with Gasteiger partial charge in [0.2, 0.25) is 5.91 Å². The number of hydrogen-bond donors (Lipinski definition) is 1. The molecule has 1 aliphatic rings. The molecule has 1 amide bonds. The van der Waals surface area contributed by atoms with Crippen molar-refractivity contribution in [2.75, 3.05) is 25.5 Å². The maximum Gasteiger partial charge on any atom is 0.225 e. The quantitative estimate of drug-likeness (QED) is 0.784. The van der Waals surface area contributed by atoms with Gasteiger partial charge < -0.3 is 10.1 Å². The Morgan fingerprint density at radius 3 is 2.85 bits per heavy atom. The number of amides is 1. The molecule has 2 aromatic carbocycles. The smallest absolute Gasteiger partial charge is 0.225 e. The number of likely N-dealkylation sites (tertiary alicyclic amines) is 1. The molecule has 0 aromatic heterocycles. The largest absolute Gasteiger partial charge is 0.495 e. The normalized spacial score (nSPS) is 17.2. The van der Waals surface area contributed by atoms with Gasteiger partial charge in [0.05, 0.1) is 12.8 Å². The second-order valence-electron chi connectivity index (χ2n) is 6.66. The highest BCUT2D eigenvalue weighted by Crippen LogP contribution is 2.28. The summed E-state index contributed by atoms with van der Waals surface area (Å²) in [4.78, 5) is 14.8. The van der Waals surface area contributed by atoms with Crippen LogP contribution in [-0.2, 0) is 11.2 Å². The Morgan fingerprint density at radius 1 is 1.27 bits per heavy atom. The van der Waals surface area contributed by atoms with Crippen LogP contribution in [0.3, 0.4) is 0 Å². The molecule has 26 heavy (non-hydrogen) atoms. The zero-order valence-corrected chi connectivity index (χ0v) is 15.8. The molecule has 1 aliphatic heterocycles. The number of hydrogen-bond acceptors (Lipinski definition) is 3. The zero-order chi connectivity index (χ0) is 18.4. The number of halogens is 1. The van der Waals surface area contributed by atoms with E-state index in [4.69, 9.17) is 16.3 Å². The van der Waals surface area contributed by atoms with Crippen LogP contribution in [0, 0.1) is 0 Å². The molecular formula is C21H25ClN2O2. The predicted molar refractivity (Wildman–Crippen MR) is 106 cm³/mol. The first-order valence-corrected chi connectivity index (χ1v) is 9.45. The summed E-state index contributed by atoms with van der Waals surface area (Å²) in [6, 6.07) is 16.3. The van der Waals surface area contributed by atoms with Crippen LogP contribution in [0.5, 0.6) is 5.75 Å². The summed E-state index contributed by atoms with van der Waals surface area (Å²) in [5.41, 5.74) is 1.98. The average Bonchev–Trinajstić information content (AvgIpc) is 3.08. The molecule has 3 rings (SSSR count). The fourth-order valence-electron chi connectivity index (χ4n) is 3.54. The van der Waals surface area contributed by atoms with E-state index in [0.717, 1.165) is 19.5 Å². The van der Waals surface area contributed by atoms with E-state index in [-0.39, 0.29) is 5.91 Å². The van der Waals surface area contributed by atoms with Gasteiger partial charge in [-0.1, -0.05) is 41.9 Å². The van der Waals surface area contributed by atoms with Gasteiger partial charge >= 0.3 is 0 Å². The number of methoxy groups -OCH3 is 1. The van der Waals surface area contributed by atoms with Crippen molar-refractivity contribution in [2.24, 2.45) is 0 Å². The van der Waals surface area contributed by atoms with Crippen LogP contribution in [-0.4, -0.2) is 37.0 Å². The Hall–Kier alpha value is -2.04. The van der Waals surface area contributed by atoms with Gasteiger partial charge in [-0.05, 0) is 49.6 Å². The van der Waals surface area contributed by atoms with Crippen molar-refractivity contribution >= 4 is 23.2 Å². The third-order valence-corrected chi connectivity index (χ3v) is 5.11. The van der Waals surface area contributed by atoms with Gasteiger partial charge in [-0.15, -0.1) is 0 Å². The van der Waals surface area contributed by atoms with Crippen molar-refractivity contribution in [3.63, 3.8) is 0 Å². The van der Waals surface area contributed by atoms with Crippen molar-refractivity contribution in [3.05, 3.63) is 59.1 Å². The first-order valence-electron chi connectivity index (χ1n) is 9.07. The molecule has 1 atom stereocenters. The molecule has 1 fully saturated rings. The molecule has 0 radical (unpaired) electrons. The molecular weight excluding hydrogens is 348 g/mol. The summed E-state index contributed by atoms with van der Waals surface area (Å²) in [5, 5.41) is 3.49. The Bertz CT molecular complexity index is 736. The van der Waals surface area contributed by atoms with Gasteiger partial charge in [0.15, 0.2) is 0 Å². The summed E-state index contributed by atoms with van der Waals surface area (Å²) < 4.78 is 5.28. The number of ether oxygens (including phenoxy) is 1. The lowest BCUT2D eigenvalue weighted by molar-refractivity contribution is -0.116. The Labute approximate surface area is 160 Å². The van der Waals surface area contributed by atoms with Crippen LogP contribution in [0.25, 0.3) is 0 Å². The summed E-state index contributed by atoms with van der Waals surface area (Å²) in [6.07, 6.45) is 3.89. The van der Waals surface area contributed by atoms with E-state index in [9.17, 15) is 4.79 Å². The van der Waals surface area contributed by atoms with Gasteiger partial charge in [-0.2, -0.15) is 0 Å². The van der Waals surface area contributed by atoms with Gasteiger partial charge in [-0.25, -0.2) is 0 Å². The molecule has 1 heterocycles. The third-order valence-electron chi connectivity index (χ3n) is 4.87. The van der Waals surface area contributed by atoms with Crippen LogP contribution in [0.2, 0.25) is 5.02 Å². The van der Waals surface area contributed by atoms with E-state index < -0.39 is 0 Å². The standard InChI is InChI=1S/C21H25ClN2O2/c1-26-20-10-9-17(22)15-19(20)23-21(25)11-13-24-12-5-8-18(24)14-16-6-3-2-4-7-16/h2-4,6-7,9-10,15,18H,5,8,11-14H2,1H3,(H,23,25). The van der Waals surface area contributed by atoms with E-state index >= 15 is 0 Å². The summed E-state index contributed by atoms with van der Waals surface area (Å²) in [7, 11) is 1.58. The lowest BCUT2D eigenvalue weighted by atomic mass is 10.0. The monoisotopic (exact) mass is 372 g/mol. The van der Waals surface area contributed by atoms with Crippen molar-refractivity contribution in [3.8, 4) is 5.75 Å². The third kappa shape index (κ3) is 4.99. The van der Waals surface area contributed by atoms with E-state index in [1.54, 1.807) is 25.3 Å². The SMILES string of the molecule is COc1ccc(Cl)cc1NC(=O)CCN1CCCC1Cc1ccccc1. The van der Waals surface area contributed by atoms with Crippen LogP contribution >= 0.6 is 11.6 Å². The maximum atomic E-state index is 12.4. The minimum absolute atomic E-state index is 0.0177. The molecule has 1 unspecified atom stereocenters. The number of carbonyl (C=O) groups excluding carboxylic acids is 1. The number of rotatable bonds is 7. The Morgan fingerprint density at radius 2 is 2.08 bits per heavy atom. The fourth-order valence-corrected chi connectivity index (χ4v) is 3.71. The number of nitrogens with one attached hydrogen (secondary N) is 1. The average molecular weight is 373 g/mol. The first kappa shape index (κ1) is 18.7. The number of carbonyl (C=O) groups is 1. The highest BCUT2D eigenvalue weighted by molar-refractivity contribution is 6.31. The predicted octanol–water partition coefficient (Wildman–Crippen LogP) is 4.38. The van der Waals surface area contributed by atoms with Crippen molar-refractivity contribution in [1.29, 1.82) is 0 Å². The molecule has 5 heteroatoms. The Kier molecular flexibility index (Phi) is 6.53. The van der Waals surface area contributed by atoms with E-state index in [0.29, 0.717) is 28.9 Å². The molecule has 2 aromatic rings. The maximum absolute atomic E-state index is 12.4. The van der Waals surface area contributed by atoms with Crippen LogP contribution in [0.1, 0.15) is 24.8 Å². The van der Waals surface area contributed by atoms with Crippen LogP contribution in [0.4, 0.5) is 5.69 Å². The highest BCUT2D eigenvalue weighted by atomic mass is 35.5. The molecule has 4 nitrogen and oxygen atoms in total. The molecule has 1 saturated heterocycles. The van der Waals surface area contributed by atoms with E-state index in [1.165, 1.54) is 18.4 Å². The van der Waals surface area contributed by atoms with Gasteiger partial charge in [0, 0.05) is 24.0 Å². The number of nitrogens with zero attached hydrogens (tertiary/aromatic N) is 1. The lowest BCUT2D eigenvalue weighted by Gasteiger charge is -2.24. The topological polar surface area (TPSA) is 41.6 Å². The fraction of sp³-hybridized carbons (Fsp3) is 0.381. The van der Waals surface area contributed by atoms with Gasteiger partial charge in [-0.3, -0.25) is 9.69 Å².